The molecule has 3 rings (SSSR count). The maximum absolute atomic E-state index is 13.2. The highest BCUT2D eigenvalue weighted by molar-refractivity contribution is 7.89. The second kappa shape index (κ2) is 8.91. The van der Waals surface area contributed by atoms with Gasteiger partial charge in [-0.25, -0.2) is 13.1 Å². The van der Waals surface area contributed by atoms with Crippen molar-refractivity contribution in [2.75, 3.05) is 7.11 Å². The van der Waals surface area contributed by atoms with Crippen molar-refractivity contribution < 1.29 is 13.2 Å². The summed E-state index contributed by atoms with van der Waals surface area (Å²) in [6.45, 7) is 7.99. The average molecular weight is 449 g/mol. The van der Waals surface area contributed by atoms with Crippen LogP contribution < -0.4 is 14.3 Å². The van der Waals surface area contributed by atoms with Crippen molar-refractivity contribution in [1.82, 2.24) is 9.29 Å². The van der Waals surface area contributed by atoms with Gasteiger partial charge in [-0.05, 0) is 62.1 Å². The number of hydrogen-bond donors (Lipinski definition) is 1. The van der Waals surface area contributed by atoms with E-state index >= 15 is 0 Å². The largest absolute Gasteiger partial charge is 0.497 e. The number of hydrogen-bond acceptors (Lipinski definition) is 5. The fourth-order valence-electron chi connectivity index (χ4n) is 3.49. The van der Waals surface area contributed by atoms with Gasteiger partial charge in [0.25, 0.3) is 0 Å². The summed E-state index contributed by atoms with van der Waals surface area (Å²) in [7, 11) is -2.17. The molecule has 0 spiro atoms. The van der Waals surface area contributed by atoms with E-state index in [0.29, 0.717) is 17.0 Å². The summed E-state index contributed by atoms with van der Waals surface area (Å²) in [5.41, 5.74) is 1.64. The van der Waals surface area contributed by atoms with Gasteiger partial charge in [-0.3, -0.25) is 9.36 Å². The molecule has 1 aromatic heterocycles. The standard InChI is InChI=1S/C22H28N2O4S2/c1-14(2)12-19(16-6-8-17(28-5)9-7-16)23-30(26,27)18-10-11-20-21(13-18)29-22(25)24(20)15(3)4/h6-11,13-15,19,23H,12H2,1-5H3/t19-/m1/s1. The van der Waals surface area contributed by atoms with Crippen molar-refractivity contribution in [1.29, 1.82) is 0 Å². The summed E-state index contributed by atoms with van der Waals surface area (Å²) in [6, 6.07) is 11.9. The molecule has 0 aliphatic rings. The number of sulfonamides is 1. The van der Waals surface area contributed by atoms with Crippen LogP contribution in [0.1, 0.15) is 51.8 Å². The maximum Gasteiger partial charge on any atom is 0.308 e. The third kappa shape index (κ3) is 4.77. The van der Waals surface area contributed by atoms with Crippen molar-refractivity contribution >= 4 is 31.6 Å². The van der Waals surface area contributed by atoms with Crippen molar-refractivity contribution in [3.8, 4) is 5.75 Å². The first-order chi connectivity index (χ1) is 14.1. The molecule has 6 nitrogen and oxygen atoms in total. The monoisotopic (exact) mass is 448 g/mol. The average Bonchev–Trinajstić information content (AvgIpc) is 3.02. The third-order valence-corrected chi connectivity index (χ3v) is 7.32. The van der Waals surface area contributed by atoms with Gasteiger partial charge in [0.05, 0.1) is 22.2 Å². The molecule has 0 amide bonds. The van der Waals surface area contributed by atoms with E-state index in [9.17, 15) is 13.2 Å². The second-order valence-electron chi connectivity index (χ2n) is 8.04. The van der Waals surface area contributed by atoms with E-state index in [1.54, 1.807) is 29.9 Å². The molecule has 2 aromatic carbocycles. The van der Waals surface area contributed by atoms with E-state index in [0.717, 1.165) is 28.2 Å². The lowest BCUT2D eigenvalue weighted by Gasteiger charge is -2.21. The van der Waals surface area contributed by atoms with Gasteiger partial charge in [0.1, 0.15) is 5.75 Å². The number of aromatic nitrogens is 1. The predicted octanol–water partition coefficient (Wildman–Crippen LogP) is 4.72. The van der Waals surface area contributed by atoms with Crippen LogP contribution in [0.25, 0.3) is 10.2 Å². The van der Waals surface area contributed by atoms with Crippen molar-refractivity contribution in [3.63, 3.8) is 0 Å². The van der Waals surface area contributed by atoms with E-state index in [4.69, 9.17) is 4.74 Å². The van der Waals surface area contributed by atoms with Crippen LogP contribution in [0.15, 0.2) is 52.2 Å². The van der Waals surface area contributed by atoms with Crippen molar-refractivity contribution in [3.05, 3.63) is 57.7 Å². The lowest BCUT2D eigenvalue weighted by atomic mass is 9.98. The van der Waals surface area contributed by atoms with Gasteiger partial charge in [-0.1, -0.05) is 37.3 Å². The summed E-state index contributed by atoms with van der Waals surface area (Å²) in [5, 5.41) is 0. The highest BCUT2D eigenvalue weighted by Gasteiger charge is 2.23. The smallest absolute Gasteiger partial charge is 0.308 e. The van der Waals surface area contributed by atoms with Gasteiger partial charge in [0.15, 0.2) is 0 Å². The predicted molar refractivity (Wildman–Crippen MR) is 122 cm³/mol. The number of nitrogens with one attached hydrogen (secondary N) is 1. The van der Waals surface area contributed by atoms with Crippen molar-refractivity contribution in [2.45, 2.75) is 51.1 Å². The summed E-state index contributed by atoms with van der Waals surface area (Å²) in [4.78, 5) is 12.4. The molecule has 0 saturated heterocycles. The van der Waals surface area contributed by atoms with Crippen LogP contribution in [0.3, 0.4) is 0 Å². The summed E-state index contributed by atoms with van der Waals surface area (Å²) in [5.74, 6) is 1.02. The van der Waals surface area contributed by atoms with Crippen LogP contribution in [0.2, 0.25) is 0 Å². The van der Waals surface area contributed by atoms with E-state index < -0.39 is 10.0 Å². The Morgan fingerprint density at radius 2 is 1.73 bits per heavy atom. The molecule has 162 valence electrons. The number of benzene rings is 2. The second-order valence-corrected chi connectivity index (χ2v) is 10.7. The lowest BCUT2D eigenvalue weighted by molar-refractivity contribution is 0.414. The Kier molecular flexibility index (Phi) is 6.69. The number of rotatable bonds is 8. The first-order valence-corrected chi connectivity index (χ1v) is 12.2. The number of methoxy groups -OCH3 is 1. The fourth-order valence-corrected chi connectivity index (χ4v) is 5.88. The van der Waals surface area contributed by atoms with Gasteiger partial charge in [0, 0.05) is 12.1 Å². The number of nitrogens with zero attached hydrogens (tertiary/aromatic N) is 1. The number of ether oxygens (including phenoxy) is 1. The molecule has 1 atom stereocenters. The molecule has 0 saturated carbocycles. The minimum Gasteiger partial charge on any atom is -0.497 e. The first-order valence-electron chi connectivity index (χ1n) is 9.93. The Morgan fingerprint density at radius 1 is 1.07 bits per heavy atom. The molecule has 0 radical (unpaired) electrons. The fraction of sp³-hybridized carbons (Fsp3) is 0.409. The Balaban J connectivity index is 1.96. The quantitative estimate of drug-likeness (QED) is 0.541. The number of fused-ring (bicyclic) bond motifs is 1. The summed E-state index contributed by atoms with van der Waals surface area (Å²) >= 11 is 1.07. The molecule has 0 aliphatic carbocycles. The summed E-state index contributed by atoms with van der Waals surface area (Å²) in [6.07, 6.45) is 0.658. The van der Waals surface area contributed by atoms with Crippen LogP contribution in [0.4, 0.5) is 0 Å². The van der Waals surface area contributed by atoms with Gasteiger partial charge < -0.3 is 4.74 Å². The minimum atomic E-state index is -3.77. The molecule has 1 N–H and O–H groups in total. The van der Waals surface area contributed by atoms with Crippen LogP contribution in [-0.2, 0) is 10.0 Å². The van der Waals surface area contributed by atoms with E-state index in [2.05, 4.69) is 18.6 Å². The topological polar surface area (TPSA) is 77.4 Å². The van der Waals surface area contributed by atoms with Crippen LogP contribution >= 0.6 is 11.3 Å². The Bertz CT molecular complexity index is 1180. The molecule has 0 bridgehead atoms. The Labute approximate surface area is 181 Å². The first kappa shape index (κ1) is 22.5. The maximum atomic E-state index is 13.2. The molecule has 8 heteroatoms. The van der Waals surface area contributed by atoms with Gasteiger partial charge in [0.2, 0.25) is 10.0 Å². The zero-order chi connectivity index (χ0) is 22.1. The normalized spacial score (nSPS) is 13.3. The highest BCUT2D eigenvalue weighted by atomic mass is 32.2. The SMILES string of the molecule is COc1ccc([C@@H](CC(C)C)NS(=O)(=O)c2ccc3c(c2)sc(=O)n3C(C)C)cc1. The minimum absolute atomic E-state index is 0.0114. The van der Waals surface area contributed by atoms with Gasteiger partial charge >= 0.3 is 4.87 Å². The molecule has 0 unspecified atom stereocenters. The molecule has 30 heavy (non-hydrogen) atoms. The zero-order valence-electron chi connectivity index (χ0n) is 17.9. The van der Waals surface area contributed by atoms with Crippen LogP contribution in [0, 0.1) is 5.92 Å². The molecular weight excluding hydrogens is 420 g/mol. The Hall–Kier alpha value is -2.16. The zero-order valence-corrected chi connectivity index (χ0v) is 19.5. The van der Waals surface area contributed by atoms with Gasteiger partial charge in [-0.15, -0.1) is 0 Å². The molecule has 0 aliphatic heterocycles. The van der Waals surface area contributed by atoms with E-state index in [1.165, 1.54) is 0 Å². The molecule has 3 aromatic rings. The third-order valence-electron chi connectivity index (χ3n) is 4.93. The van der Waals surface area contributed by atoms with E-state index in [1.807, 2.05) is 38.1 Å². The van der Waals surface area contributed by atoms with E-state index in [-0.39, 0.29) is 21.9 Å². The Morgan fingerprint density at radius 3 is 2.30 bits per heavy atom. The number of thiazole rings is 1. The molecule has 0 fully saturated rings. The van der Waals surface area contributed by atoms with Crippen LogP contribution in [0.5, 0.6) is 5.75 Å². The van der Waals surface area contributed by atoms with Crippen LogP contribution in [-0.4, -0.2) is 20.1 Å². The molecular formula is C22H28N2O4S2. The summed E-state index contributed by atoms with van der Waals surface area (Å²) < 4.78 is 36.8. The van der Waals surface area contributed by atoms with Gasteiger partial charge in [-0.2, -0.15) is 0 Å². The lowest BCUT2D eigenvalue weighted by Crippen LogP contribution is -2.29. The highest BCUT2D eigenvalue weighted by Crippen LogP contribution is 2.28. The molecule has 1 heterocycles. The van der Waals surface area contributed by atoms with Crippen molar-refractivity contribution in [2.24, 2.45) is 5.92 Å².